The Labute approximate surface area is 137 Å². The van der Waals surface area contributed by atoms with Gasteiger partial charge in [0.05, 0.1) is 17.5 Å². The number of amides is 2. The Morgan fingerprint density at radius 3 is 2.09 bits per heavy atom. The summed E-state index contributed by atoms with van der Waals surface area (Å²) in [7, 11) is 0. The first-order chi connectivity index (χ1) is 11.2. The fraction of sp³-hybridized carbons (Fsp3) is 0.118. The van der Waals surface area contributed by atoms with Crippen molar-refractivity contribution in [1.29, 1.82) is 0 Å². The van der Waals surface area contributed by atoms with Gasteiger partial charge in [0, 0.05) is 10.6 Å². The SMILES string of the molecule is O=C(CCSc1ccccc1)ON1C(=O)c2ccccc2C1=O. The van der Waals surface area contributed by atoms with Crippen LogP contribution >= 0.6 is 11.8 Å². The van der Waals surface area contributed by atoms with Crippen molar-refractivity contribution in [1.82, 2.24) is 5.06 Å². The molecule has 0 N–H and O–H groups in total. The number of hydrogen-bond donors (Lipinski definition) is 0. The standard InChI is InChI=1S/C17H13NO4S/c19-15(10-11-23-12-6-2-1-3-7-12)22-18-16(20)13-8-4-5-9-14(13)17(18)21/h1-9H,10-11H2. The van der Waals surface area contributed by atoms with Crippen LogP contribution in [0.4, 0.5) is 0 Å². The largest absolute Gasteiger partial charge is 0.334 e. The minimum atomic E-state index is -0.608. The Morgan fingerprint density at radius 1 is 0.913 bits per heavy atom. The topological polar surface area (TPSA) is 63.7 Å². The predicted octanol–water partition coefficient (Wildman–Crippen LogP) is 2.92. The van der Waals surface area contributed by atoms with Crippen LogP contribution in [0.1, 0.15) is 27.1 Å². The summed E-state index contributed by atoms with van der Waals surface area (Å²) in [5.74, 6) is -1.31. The van der Waals surface area contributed by atoms with Gasteiger partial charge in [-0.2, -0.15) is 0 Å². The molecule has 5 nitrogen and oxygen atoms in total. The van der Waals surface area contributed by atoms with E-state index in [-0.39, 0.29) is 17.5 Å². The maximum absolute atomic E-state index is 12.1. The molecule has 6 heteroatoms. The van der Waals surface area contributed by atoms with Crippen LogP contribution in [0.5, 0.6) is 0 Å². The second-order valence-electron chi connectivity index (χ2n) is 4.83. The predicted molar refractivity (Wildman–Crippen MR) is 84.8 cm³/mol. The van der Waals surface area contributed by atoms with E-state index in [1.807, 2.05) is 30.3 Å². The minimum Gasteiger partial charge on any atom is -0.330 e. The molecule has 1 aliphatic heterocycles. The van der Waals surface area contributed by atoms with E-state index in [1.165, 1.54) is 23.9 Å². The molecule has 0 bridgehead atoms. The van der Waals surface area contributed by atoms with Crippen molar-refractivity contribution in [3.8, 4) is 0 Å². The van der Waals surface area contributed by atoms with Gasteiger partial charge in [0.15, 0.2) is 0 Å². The van der Waals surface area contributed by atoms with Crippen LogP contribution < -0.4 is 0 Å². The van der Waals surface area contributed by atoms with Crippen molar-refractivity contribution in [2.45, 2.75) is 11.3 Å². The molecule has 0 spiro atoms. The molecular formula is C17H13NO4S. The quantitative estimate of drug-likeness (QED) is 0.624. The molecule has 0 aliphatic carbocycles. The van der Waals surface area contributed by atoms with Gasteiger partial charge in [-0.25, -0.2) is 4.79 Å². The molecule has 116 valence electrons. The maximum Gasteiger partial charge on any atom is 0.334 e. The lowest BCUT2D eigenvalue weighted by atomic mass is 10.1. The molecule has 3 rings (SSSR count). The Hall–Kier alpha value is -2.60. The van der Waals surface area contributed by atoms with Crippen LogP contribution in [0.2, 0.25) is 0 Å². The number of hydrogen-bond acceptors (Lipinski definition) is 5. The zero-order valence-corrected chi connectivity index (χ0v) is 12.9. The van der Waals surface area contributed by atoms with Crippen molar-refractivity contribution in [3.05, 3.63) is 65.7 Å². The highest BCUT2D eigenvalue weighted by molar-refractivity contribution is 7.99. The average molecular weight is 327 g/mol. The molecule has 23 heavy (non-hydrogen) atoms. The van der Waals surface area contributed by atoms with Crippen molar-refractivity contribution in [2.24, 2.45) is 0 Å². The summed E-state index contributed by atoms with van der Waals surface area (Å²) in [6, 6.07) is 16.0. The van der Waals surface area contributed by atoms with Gasteiger partial charge in [0.25, 0.3) is 11.8 Å². The van der Waals surface area contributed by atoms with E-state index in [2.05, 4.69) is 0 Å². The molecule has 0 saturated carbocycles. The number of thioether (sulfide) groups is 1. The lowest BCUT2D eigenvalue weighted by Crippen LogP contribution is -2.32. The zero-order chi connectivity index (χ0) is 16.2. The Balaban J connectivity index is 1.55. The van der Waals surface area contributed by atoms with Gasteiger partial charge in [-0.15, -0.1) is 11.8 Å². The van der Waals surface area contributed by atoms with Crippen LogP contribution in [0.25, 0.3) is 0 Å². The molecule has 0 aromatic heterocycles. The number of carbonyl (C=O) groups is 3. The first-order valence-corrected chi connectivity index (χ1v) is 8.02. The van der Waals surface area contributed by atoms with Gasteiger partial charge in [0.1, 0.15) is 0 Å². The molecule has 2 amide bonds. The Kier molecular flexibility index (Phi) is 4.43. The van der Waals surface area contributed by atoms with Crippen LogP contribution in [0.3, 0.4) is 0 Å². The van der Waals surface area contributed by atoms with Gasteiger partial charge >= 0.3 is 5.97 Å². The Morgan fingerprint density at radius 2 is 1.48 bits per heavy atom. The highest BCUT2D eigenvalue weighted by Gasteiger charge is 2.38. The highest BCUT2D eigenvalue weighted by atomic mass is 32.2. The summed E-state index contributed by atoms with van der Waals surface area (Å²) in [6.45, 7) is 0. The summed E-state index contributed by atoms with van der Waals surface area (Å²) in [5.41, 5.74) is 0.507. The molecule has 2 aromatic carbocycles. The fourth-order valence-electron chi connectivity index (χ4n) is 2.17. The summed E-state index contributed by atoms with van der Waals surface area (Å²) in [6.07, 6.45) is 0.104. The molecule has 0 unspecified atom stereocenters. The number of carbonyl (C=O) groups excluding carboxylic acids is 3. The normalized spacial score (nSPS) is 13.1. The van der Waals surface area contributed by atoms with E-state index in [4.69, 9.17) is 4.84 Å². The third kappa shape index (κ3) is 3.27. The van der Waals surface area contributed by atoms with E-state index in [9.17, 15) is 14.4 Å². The van der Waals surface area contributed by atoms with Gasteiger partial charge in [-0.3, -0.25) is 9.59 Å². The lowest BCUT2D eigenvalue weighted by Gasteiger charge is -2.12. The van der Waals surface area contributed by atoms with Gasteiger partial charge in [0.2, 0.25) is 0 Å². The molecule has 0 atom stereocenters. The first kappa shape index (κ1) is 15.3. The maximum atomic E-state index is 12.1. The second-order valence-corrected chi connectivity index (χ2v) is 5.99. The number of hydroxylamine groups is 2. The van der Waals surface area contributed by atoms with Crippen LogP contribution in [0, 0.1) is 0 Å². The summed E-state index contributed by atoms with van der Waals surface area (Å²) in [5, 5.41) is 0.542. The first-order valence-electron chi connectivity index (χ1n) is 7.03. The molecule has 0 fully saturated rings. The van der Waals surface area contributed by atoms with Crippen molar-refractivity contribution < 1.29 is 19.2 Å². The molecule has 0 saturated heterocycles. The fourth-order valence-corrected chi connectivity index (χ4v) is 3.02. The molecule has 2 aromatic rings. The lowest BCUT2D eigenvalue weighted by molar-refractivity contribution is -0.167. The van der Waals surface area contributed by atoms with E-state index in [1.54, 1.807) is 12.1 Å². The number of imide groups is 1. The van der Waals surface area contributed by atoms with E-state index >= 15 is 0 Å². The van der Waals surface area contributed by atoms with Gasteiger partial charge < -0.3 is 4.84 Å². The van der Waals surface area contributed by atoms with E-state index in [0.29, 0.717) is 10.8 Å². The molecule has 1 heterocycles. The van der Waals surface area contributed by atoms with Crippen molar-refractivity contribution >= 4 is 29.5 Å². The monoisotopic (exact) mass is 327 g/mol. The summed E-state index contributed by atoms with van der Waals surface area (Å²) >= 11 is 1.51. The van der Waals surface area contributed by atoms with Crippen LogP contribution in [0.15, 0.2) is 59.5 Å². The average Bonchev–Trinajstić information content (AvgIpc) is 2.81. The number of fused-ring (bicyclic) bond motifs is 1. The summed E-state index contributed by atoms with van der Waals surface area (Å²) in [4.78, 5) is 42.0. The molecule has 0 radical (unpaired) electrons. The number of nitrogens with zero attached hydrogens (tertiary/aromatic N) is 1. The zero-order valence-electron chi connectivity index (χ0n) is 12.1. The van der Waals surface area contributed by atoms with Crippen LogP contribution in [-0.2, 0) is 9.63 Å². The van der Waals surface area contributed by atoms with Crippen molar-refractivity contribution in [3.63, 3.8) is 0 Å². The van der Waals surface area contributed by atoms with E-state index < -0.39 is 17.8 Å². The second kappa shape index (κ2) is 6.66. The molecule has 1 aliphatic rings. The number of benzene rings is 2. The number of rotatable bonds is 5. The third-order valence-electron chi connectivity index (χ3n) is 3.27. The van der Waals surface area contributed by atoms with Crippen molar-refractivity contribution in [2.75, 3.05) is 5.75 Å². The van der Waals surface area contributed by atoms with Gasteiger partial charge in [-0.05, 0) is 24.3 Å². The van der Waals surface area contributed by atoms with Gasteiger partial charge in [-0.1, -0.05) is 35.4 Å². The Bertz CT molecular complexity index is 725. The summed E-state index contributed by atoms with van der Waals surface area (Å²) < 4.78 is 0. The smallest absolute Gasteiger partial charge is 0.330 e. The molecular weight excluding hydrogens is 314 g/mol. The third-order valence-corrected chi connectivity index (χ3v) is 4.28. The van der Waals surface area contributed by atoms with Crippen LogP contribution in [-0.4, -0.2) is 28.6 Å². The highest BCUT2D eigenvalue weighted by Crippen LogP contribution is 2.23. The van der Waals surface area contributed by atoms with E-state index in [0.717, 1.165) is 4.90 Å². The minimum absolute atomic E-state index is 0.104.